The van der Waals surface area contributed by atoms with Crippen LogP contribution in [0.1, 0.15) is 26.9 Å². The summed E-state index contributed by atoms with van der Waals surface area (Å²) in [4.78, 5) is 21.2. The predicted molar refractivity (Wildman–Crippen MR) is 111 cm³/mol. The van der Waals surface area contributed by atoms with Crippen LogP contribution in [0.2, 0.25) is 0 Å². The highest BCUT2D eigenvalue weighted by molar-refractivity contribution is 7.09. The van der Waals surface area contributed by atoms with Gasteiger partial charge in [-0.15, -0.1) is 11.3 Å². The predicted octanol–water partition coefficient (Wildman–Crippen LogP) is 3.46. The van der Waals surface area contributed by atoms with Crippen LogP contribution in [0.5, 0.6) is 5.75 Å². The minimum atomic E-state index is -0.233. The highest BCUT2D eigenvalue weighted by Crippen LogP contribution is 2.19. The zero-order valence-electron chi connectivity index (χ0n) is 15.8. The molecule has 7 nitrogen and oxygen atoms in total. The van der Waals surface area contributed by atoms with Crippen LogP contribution >= 0.6 is 11.3 Å². The molecule has 2 N–H and O–H groups in total. The van der Waals surface area contributed by atoms with Crippen molar-refractivity contribution in [2.75, 3.05) is 7.11 Å². The Morgan fingerprint density at radius 1 is 1.10 bits per heavy atom. The summed E-state index contributed by atoms with van der Waals surface area (Å²) in [6, 6.07) is 17.5. The number of nitrogens with one attached hydrogen (secondary N) is 2. The van der Waals surface area contributed by atoms with Crippen LogP contribution in [0.25, 0.3) is 11.4 Å². The third-order valence-electron chi connectivity index (χ3n) is 4.28. The molecule has 29 heavy (non-hydrogen) atoms. The summed E-state index contributed by atoms with van der Waals surface area (Å²) < 4.78 is 5.15. The maximum atomic E-state index is 12.4. The average molecular weight is 405 g/mol. The lowest BCUT2D eigenvalue weighted by Gasteiger charge is -2.00. The second-order valence-corrected chi connectivity index (χ2v) is 7.25. The zero-order chi connectivity index (χ0) is 20.1. The molecule has 2 aromatic carbocycles. The molecular weight excluding hydrogens is 386 g/mol. The van der Waals surface area contributed by atoms with Crippen molar-refractivity contribution in [3.05, 3.63) is 82.1 Å². The Hall–Kier alpha value is -3.52. The van der Waals surface area contributed by atoms with Crippen molar-refractivity contribution in [1.82, 2.24) is 25.5 Å². The average Bonchev–Trinajstić information content (AvgIpc) is 3.43. The number of aromatic nitrogens is 4. The van der Waals surface area contributed by atoms with Gasteiger partial charge >= 0.3 is 0 Å². The number of hydrogen-bond acceptors (Lipinski definition) is 6. The molecule has 0 aliphatic heterocycles. The second-order valence-electron chi connectivity index (χ2n) is 6.31. The monoisotopic (exact) mass is 405 g/mol. The van der Waals surface area contributed by atoms with Gasteiger partial charge in [-0.3, -0.25) is 9.89 Å². The quantitative estimate of drug-likeness (QED) is 0.491. The molecule has 0 fully saturated rings. The number of amides is 1. The van der Waals surface area contributed by atoms with Crippen LogP contribution in [0, 0.1) is 0 Å². The highest BCUT2D eigenvalue weighted by atomic mass is 32.1. The van der Waals surface area contributed by atoms with Gasteiger partial charge in [0, 0.05) is 17.4 Å². The Labute approximate surface area is 171 Å². The van der Waals surface area contributed by atoms with Gasteiger partial charge in [0.25, 0.3) is 5.91 Å². The van der Waals surface area contributed by atoms with Crippen molar-refractivity contribution < 1.29 is 9.53 Å². The SMILES string of the molecule is COc1ccc(-c2n[nH]c(CNC(=O)c3csc(Cc4ccccc4)n3)n2)cc1. The Kier molecular flexibility index (Phi) is 5.62. The topological polar surface area (TPSA) is 92.8 Å². The standard InChI is InChI=1S/C21H19N5O2S/c1-28-16-9-7-15(8-10-16)20-24-18(25-26-20)12-22-21(27)17-13-29-19(23-17)11-14-5-3-2-4-6-14/h2-10,13H,11-12H2,1H3,(H,22,27)(H,24,25,26). The Morgan fingerprint density at radius 3 is 2.66 bits per heavy atom. The summed E-state index contributed by atoms with van der Waals surface area (Å²) in [6.07, 6.45) is 0.714. The molecule has 0 aliphatic rings. The van der Waals surface area contributed by atoms with Gasteiger partial charge < -0.3 is 10.1 Å². The molecule has 0 saturated heterocycles. The first-order chi connectivity index (χ1) is 14.2. The minimum Gasteiger partial charge on any atom is -0.497 e. The summed E-state index contributed by atoms with van der Waals surface area (Å²) in [5.74, 6) is 1.68. The van der Waals surface area contributed by atoms with Gasteiger partial charge in [-0.25, -0.2) is 9.97 Å². The lowest BCUT2D eigenvalue weighted by Crippen LogP contribution is -2.23. The fourth-order valence-electron chi connectivity index (χ4n) is 2.76. The van der Waals surface area contributed by atoms with E-state index in [9.17, 15) is 4.79 Å². The van der Waals surface area contributed by atoms with E-state index in [1.165, 1.54) is 16.9 Å². The first-order valence-electron chi connectivity index (χ1n) is 9.03. The van der Waals surface area contributed by atoms with Crippen molar-refractivity contribution in [3.63, 3.8) is 0 Å². The van der Waals surface area contributed by atoms with Crippen LogP contribution in [-0.4, -0.2) is 33.2 Å². The smallest absolute Gasteiger partial charge is 0.271 e. The summed E-state index contributed by atoms with van der Waals surface area (Å²) in [5.41, 5.74) is 2.45. The third-order valence-corrected chi connectivity index (χ3v) is 5.13. The van der Waals surface area contributed by atoms with Gasteiger partial charge in [0.2, 0.25) is 0 Å². The van der Waals surface area contributed by atoms with E-state index < -0.39 is 0 Å². The van der Waals surface area contributed by atoms with Crippen molar-refractivity contribution in [2.24, 2.45) is 0 Å². The van der Waals surface area contributed by atoms with Gasteiger partial charge in [-0.1, -0.05) is 30.3 Å². The fourth-order valence-corrected chi connectivity index (χ4v) is 3.57. The summed E-state index contributed by atoms with van der Waals surface area (Å²) in [7, 11) is 1.62. The maximum Gasteiger partial charge on any atom is 0.271 e. The number of nitrogens with zero attached hydrogens (tertiary/aromatic N) is 3. The normalized spacial score (nSPS) is 10.7. The van der Waals surface area contributed by atoms with Gasteiger partial charge in [0.1, 0.15) is 17.3 Å². The number of methoxy groups -OCH3 is 1. The van der Waals surface area contributed by atoms with Crippen LogP contribution in [-0.2, 0) is 13.0 Å². The molecule has 4 rings (SSSR count). The third kappa shape index (κ3) is 4.67. The molecule has 0 saturated carbocycles. The number of carbonyl (C=O) groups excluding carboxylic acids is 1. The molecule has 2 aromatic heterocycles. The van der Waals surface area contributed by atoms with E-state index in [1.54, 1.807) is 12.5 Å². The Balaban J connectivity index is 1.34. The molecule has 0 atom stereocenters. The van der Waals surface area contributed by atoms with Gasteiger partial charge in [-0.05, 0) is 29.8 Å². The van der Waals surface area contributed by atoms with E-state index >= 15 is 0 Å². The maximum absolute atomic E-state index is 12.4. The van der Waals surface area contributed by atoms with Gasteiger partial charge in [0.05, 0.1) is 18.7 Å². The lowest BCUT2D eigenvalue weighted by atomic mass is 10.2. The van der Waals surface area contributed by atoms with Gasteiger partial charge in [-0.2, -0.15) is 5.10 Å². The van der Waals surface area contributed by atoms with E-state index in [1.807, 2.05) is 54.6 Å². The van der Waals surface area contributed by atoms with Crippen molar-refractivity contribution in [3.8, 4) is 17.1 Å². The molecule has 4 aromatic rings. The Morgan fingerprint density at radius 2 is 1.90 bits per heavy atom. The molecule has 146 valence electrons. The minimum absolute atomic E-state index is 0.233. The van der Waals surface area contributed by atoms with Crippen LogP contribution in [0.3, 0.4) is 0 Å². The van der Waals surface area contributed by atoms with Crippen molar-refractivity contribution in [1.29, 1.82) is 0 Å². The van der Waals surface area contributed by atoms with E-state index in [2.05, 4.69) is 25.5 Å². The van der Waals surface area contributed by atoms with E-state index in [0.717, 1.165) is 16.3 Å². The van der Waals surface area contributed by atoms with Crippen LogP contribution in [0.4, 0.5) is 0 Å². The van der Waals surface area contributed by atoms with Crippen LogP contribution < -0.4 is 10.1 Å². The van der Waals surface area contributed by atoms with Crippen LogP contribution in [0.15, 0.2) is 60.0 Å². The van der Waals surface area contributed by atoms with E-state index in [0.29, 0.717) is 23.8 Å². The number of aromatic amines is 1. The second kappa shape index (κ2) is 8.66. The molecule has 2 heterocycles. The fraction of sp³-hybridized carbons (Fsp3) is 0.143. The molecular formula is C21H19N5O2S. The summed E-state index contributed by atoms with van der Waals surface area (Å²) in [6.45, 7) is 0.244. The lowest BCUT2D eigenvalue weighted by molar-refractivity contribution is 0.0945. The number of H-pyrrole nitrogens is 1. The molecule has 0 radical (unpaired) electrons. The largest absolute Gasteiger partial charge is 0.497 e. The summed E-state index contributed by atoms with van der Waals surface area (Å²) in [5, 5.41) is 12.6. The number of benzene rings is 2. The molecule has 0 unspecified atom stereocenters. The molecule has 1 amide bonds. The van der Waals surface area contributed by atoms with Crippen molar-refractivity contribution >= 4 is 17.2 Å². The van der Waals surface area contributed by atoms with Gasteiger partial charge in [0.15, 0.2) is 5.82 Å². The first kappa shape index (κ1) is 18.8. The molecule has 0 bridgehead atoms. The summed E-state index contributed by atoms with van der Waals surface area (Å²) >= 11 is 1.48. The first-order valence-corrected chi connectivity index (χ1v) is 9.91. The highest BCUT2D eigenvalue weighted by Gasteiger charge is 2.12. The number of thiazole rings is 1. The number of hydrogen-bond donors (Lipinski definition) is 2. The molecule has 0 aliphatic carbocycles. The number of rotatable bonds is 7. The van der Waals surface area contributed by atoms with E-state index in [4.69, 9.17) is 4.74 Å². The van der Waals surface area contributed by atoms with E-state index in [-0.39, 0.29) is 12.5 Å². The number of carbonyl (C=O) groups is 1. The number of ether oxygens (including phenoxy) is 1. The molecule has 0 spiro atoms. The Bertz CT molecular complexity index is 1090. The molecule has 8 heteroatoms. The van der Waals surface area contributed by atoms with Crippen molar-refractivity contribution in [2.45, 2.75) is 13.0 Å². The zero-order valence-corrected chi connectivity index (χ0v) is 16.6.